The van der Waals surface area contributed by atoms with Gasteiger partial charge in [0.2, 0.25) is 0 Å². The molecule has 5 nitrogen and oxygen atoms in total. The van der Waals surface area contributed by atoms with Gasteiger partial charge in [-0.25, -0.2) is 0 Å². The number of carbonyl (C=O) groups is 1. The number of benzene rings is 2. The first-order valence-corrected chi connectivity index (χ1v) is 10.1. The van der Waals surface area contributed by atoms with Gasteiger partial charge in [-0.2, -0.15) is 0 Å². The maximum absolute atomic E-state index is 12.5. The minimum atomic E-state index is -0.227. The van der Waals surface area contributed by atoms with Crippen LogP contribution in [0.1, 0.15) is 30.3 Å². The van der Waals surface area contributed by atoms with Crippen LogP contribution in [0.4, 0.5) is 22.7 Å². The standard InChI is InChI=1S/C24H26N4O/c1-18-12-15-28(16-13-18)22-9-7-20(8-10-22)26-21-11-14-25-23(17-21)24(29)27-19-5-3-2-4-6-19/h2-11,14,17-18H,12-13,15-16H2,1H3,(H,25,26)(H,27,29). The molecule has 2 N–H and O–H groups in total. The second kappa shape index (κ2) is 8.78. The molecule has 0 aliphatic carbocycles. The minimum Gasteiger partial charge on any atom is -0.372 e. The van der Waals surface area contributed by atoms with Crippen molar-refractivity contribution >= 4 is 28.7 Å². The van der Waals surface area contributed by atoms with E-state index in [1.807, 2.05) is 36.4 Å². The van der Waals surface area contributed by atoms with Gasteiger partial charge in [0.05, 0.1) is 0 Å². The third-order valence-corrected chi connectivity index (χ3v) is 5.33. The second-order valence-corrected chi connectivity index (χ2v) is 7.59. The van der Waals surface area contributed by atoms with E-state index in [0.717, 1.165) is 36.1 Å². The van der Waals surface area contributed by atoms with E-state index in [0.29, 0.717) is 5.69 Å². The lowest BCUT2D eigenvalue weighted by atomic mass is 9.99. The fourth-order valence-electron chi connectivity index (χ4n) is 3.54. The van der Waals surface area contributed by atoms with Crippen molar-refractivity contribution in [3.63, 3.8) is 0 Å². The average molecular weight is 386 g/mol. The SMILES string of the molecule is CC1CCN(c2ccc(Nc3ccnc(C(=O)Nc4ccccc4)c3)cc2)CC1. The van der Waals surface area contributed by atoms with Crippen LogP contribution in [0.3, 0.4) is 0 Å². The fourth-order valence-corrected chi connectivity index (χ4v) is 3.54. The Bertz CT molecular complexity index is 948. The van der Waals surface area contributed by atoms with Gasteiger partial charge < -0.3 is 15.5 Å². The van der Waals surface area contributed by atoms with Crippen molar-refractivity contribution in [2.45, 2.75) is 19.8 Å². The van der Waals surface area contributed by atoms with Crippen molar-refractivity contribution in [1.82, 2.24) is 4.98 Å². The predicted octanol–water partition coefficient (Wildman–Crippen LogP) is 5.31. The first-order valence-electron chi connectivity index (χ1n) is 10.1. The van der Waals surface area contributed by atoms with E-state index in [4.69, 9.17) is 0 Å². The molecule has 1 saturated heterocycles. The van der Waals surface area contributed by atoms with Gasteiger partial charge >= 0.3 is 0 Å². The molecule has 1 amide bonds. The van der Waals surface area contributed by atoms with Gasteiger partial charge in [0, 0.05) is 42.0 Å². The number of rotatable bonds is 5. The van der Waals surface area contributed by atoms with Crippen LogP contribution < -0.4 is 15.5 Å². The molecule has 0 bridgehead atoms. The number of hydrogen-bond acceptors (Lipinski definition) is 4. The molecule has 0 atom stereocenters. The number of pyridine rings is 1. The van der Waals surface area contributed by atoms with Gasteiger partial charge in [0.15, 0.2) is 0 Å². The highest BCUT2D eigenvalue weighted by Crippen LogP contribution is 2.25. The van der Waals surface area contributed by atoms with Gasteiger partial charge in [-0.1, -0.05) is 25.1 Å². The Morgan fingerprint density at radius 3 is 2.38 bits per heavy atom. The molecule has 0 radical (unpaired) electrons. The van der Waals surface area contributed by atoms with E-state index >= 15 is 0 Å². The Hall–Kier alpha value is -3.34. The number of piperidine rings is 1. The van der Waals surface area contributed by atoms with E-state index in [2.05, 4.69) is 51.7 Å². The summed E-state index contributed by atoms with van der Waals surface area (Å²) in [7, 11) is 0. The number of carbonyl (C=O) groups excluding carboxylic acids is 1. The molecule has 5 heteroatoms. The van der Waals surface area contributed by atoms with Crippen molar-refractivity contribution in [1.29, 1.82) is 0 Å². The molecule has 1 aliphatic heterocycles. The zero-order valence-electron chi connectivity index (χ0n) is 16.6. The molecular formula is C24H26N4O. The Morgan fingerprint density at radius 1 is 0.931 bits per heavy atom. The average Bonchev–Trinajstić information content (AvgIpc) is 2.76. The first-order chi connectivity index (χ1) is 14.2. The Balaban J connectivity index is 1.40. The van der Waals surface area contributed by atoms with Gasteiger partial charge in [0.1, 0.15) is 5.69 Å². The van der Waals surface area contributed by atoms with E-state index in [1.165, 1.54) is 18.5 Å². The third kappa shape index (κ3) is 4.93. The zero-order valence-corrected chi connectivity index (χ0v) is 16.6. The van der Waals surface area contributed by atoms with Crippen LogP contribution in [0.25, 0.3) is 0 Å². The zero-order chi connectivity index (χ0) is 20.1. The van der Waals surface area contributed by atoms with Gasteiger partial charge in [-0.15, -0.1) is 0 Å². The molecular weight excluding hydrogens is 360 g/mol. The van der Waals surface area contributed by atoms with Gasteiger partial charge in [0.25, 0.3) is 5.91 Å². The van der Waals surface area contributed by atoms with Crippen LogP contribution >= 0.6 is 0 Å². The molecule has 29 heavy (non-hydrogen) atoms. The molecule has 3 aromatic rings. The molecule has 0 saturated carbocycles. The maximum atomic E-state index is 12.5. The number of nitrogens with zero attached hydrogens (tertiary/aromatic N) is 2. The summed E-state index contributed by atoms with van der Waals surface area (Å²) in [6, 6.07) is 21.5. The van der Waals surface area contributed by atoms with Crippen molar-refractivity contribution in [2.75, 3.05) is 28.6 Å². The summed E-state index contributed by atoms with van der Waals surface area (Å²) in [6.07, 6.45) is 4.15. The highest BCUT2D eigenvalue weighted by Gasteiger charge is 2.16. The summed E-state index contributed by atoms with van der Waals surface area (Å²) in [5.74, 6) is 0.599. The highest BCUT2D eigenvalue weighted by atomic mass is 16.1. The molecule has 1 aliphatic rings. The van der Waals surface area contributed by atoms with Crippen molar-refractivity contribution in [2.24, 2.45) is 5.92 Å². The van der Waals surface area contributed by atoms with Crippen LogP contribution in [0, 0.1) is 5.92 Å². The summed E-state index contributed by atoms with van der Waals surface area (Å²) in [5.41, 5.74) is 4.20. The number of hydrogen-bond donors (Lipinski definition) is 2. The molecule has 4 rings (SSSR count). The minimum absolute atomic E-state index is 0.227. The van der Waals surface area contributed by atoms with E-state index in [1.54, 1.807) is 12.3 Å². The number of anilines is 4. The number of aromatic nitrogens is 1. The normalized spacial score (nSPS) is 14.4. The lowest BCUT2D eigenvalue weighted by Crippen LogP contribution is -2.32. The third-order valence-electron chi connectivity index (χ3n) is 5.33. The Kier molecular flexibility index (Phi) is 5.75. The Morgan fingerprint density at radius 2 is 1.66 bits per heavy atom. The summed E-state index contributed by atoms with van der Waals surface area (Å²) in [4.78, 5) is 19.1. The highest BCUT2D eigenvalue weighted by molar-refractivity contribution is 6.03. The van der Waals surface area contributed by atoms with E-state index in [-0.39, 0.29) is 5.91 Å². The smallest absolute Gasteiger partial charge is 0.274 e. The summed E-state index contributed by atoms with van der Waals surface area (Å²) in [6.45, 7) is 4.57. The van der Waals surface area contributed by atoms with E-state index in [9.17, 15) is 4.79 Å². The fraction of sp³-hybridized carbons (Fsp3) is 0.250. The molecule has 0 unspecified atom stereocenters. The lowest BCUT2D eigenvalue weighted by molar-refractivity contribution is 0.102. The number of nitrogens with one attached hydrogen (secondary N) is 2. The lowest BCUT2D eigenvalue weighted by Gasteiger charge is -2.32. The van der Waals surface area contributed by atoms with Crippen LogP contribution in [0.5, 0.6) is 0 Å². The first kappa shape index (κ1) is 19.0. The van der Waals surface area contributed by atoms with Gasteiger partial charge in [-0.05, 0) is 67.3 Å². The molecule has 1 fully saturated rings. The molecule has 2 aromatic carbocycles. The van der Waals surface area contributed by atoms with Crippen molar-refractivity contribution in [3.8, 4) is 0 Å². The Labute approximate surface area is 171 Å². The number of para-hydroxylation sites is 1. The topological polar surface area (TPSA) is 57.3 Å². The molecule has 2 heterocycles. The van der Waals surface area contributed by atoms with Gasteiger partial charge in [-0.3, -0.25) is 9.78 Å². The summed E-state index contributed by atoms with van der Waals surface area (Å²) >= 11 is 0. The van der Waals surface area contributed by atoms with Crippen LogP contribution in [0.2, 0.25) is 0 Å². The van der Waals surface area contributed by atoms with Crippen molar-refractivity contribution in [3.05, 3.63) is 78.6 Å². The summed E-state index contributed by atoms with van der Waals surface area (Å²) in [5, 5.41) is 6.22. The molecule has 0 spiro atoms. The number of amides is 1. The monoisotopic (exact) mass is 386 g/mol. The van der Waals surface area contributed by atoms with Crippen LogP contribution in [-0.2, 0) is 0 Å². The maximum Gasteiger partial charge on any atom is 0.274 e. The predicted molar refractivity (Wildman–Crippen MR) is 119 cm³/mol. The second-order valence-electron chi connectivity index (χ2n) is 7.59. The quantitative estimate of drug-likeness (QED) is 0.624. The van der Waals surface area contributed by atoms with Crippen LogP contribution in [0.15, 0.2) is 72.9 Å². The largest absolute Gasteiger partial charge is 0.372 e. The summed E-state index contributed by atoms with van der Waals surface area (Å²) < 4.78 is 0. The molecule has 1 aromatic heterocycles. The molecule has 148 valence electrons. The van der Waals surface area contributed by atoms with Crippen molar-refractivity contribution < 1.29 is 4.79 Å². The van der Waals surface area contributed by atoms with Crippen LogP contribution in [-0.4, -0.2) is 24.0 Å². The van der Waals surface area contributed by atoms with E-state index < -0.39 is 0 Å².